The van der Waals surface area contributed by atoms with Crippen LogP contribution in [0.15, 0.2) is 42.6 Å². The van der Waals surface area contributed by atoms with Crippen LogP contribution < -0.4 is 5.32 Å². The van der Waals surface area contributed by atoms with Crippen LogP contribution >= 0.6 is 0 Å². The van der Waals surface area contributed by atoms with Gasteiger partial charge in [-0.15, -0.1) is 0 Å². The molecule has 0 bridgehead atoms. The van der Waals surface area contributed by atoms with Crippen LogP contribution in [0.25, 0.3) is 10.9 Å². The van der Waals surface area contributed by atoms with Crippen LogP contribution in [-0.2, 0) is 6.54 Å². The third-order valence-corrected chi connectivity index (χ3v) is 2.92. The molecule has 0 saturated carbocycles. The van der Waals surface area contributed by atoms with Gasteiger partial charge in [-0.2, -0.15) is 0 Å². The molecule has 0 radical (unpaired) electrons. The van der Waals surface area contributed by atoms with Crippen molar-refractivity contribution in [3.05, 3.63) is 54.1 Å². The Kier molecular flexibility index (Phi) is 3.28. The Bertz CT molecular complexity index is 710. The van der Waals surface area contributed by atoms with Crippen molar-refractivity contribution in [3.63, 3.8) is 0 Å². The number of H-pyrrole nitrogens is 1. The first-order valence-electron chi connectivity index (χ1n) is 6.15. The summed E-state index contributed by atoms with van der Waals surface area (Å²) >= 11 is 0. The molecule has 0 fully saturated rings. The minimum absolute atomic E-state index is 0.417. The summed E-state index contributed by atoms with van der Waals surface area (Å²) in [7, 11) is 0. The van der Waals surface area contributed by atoms with Gasteiger partial charge in [0, 0.05) is 17.3 Å². The Morgan fingerprint density at radius 2 is 1.95 bits per heavy atom. The molecule has 0 aliphatic carbocycles. The van der Waals surface area contributed by atoms with Gasteiger partial charge in [-0.05, 0) is 24.3 Å². The van der Waals surface area contributed by atoms with Crippen molar-refractivity contribution in [3.8, 4) is 0 Å². The maximum atomic E-state index is 12.8. The van der Waals surface area contributed by atoms with E-state index in [1.54, 1.807) is 18.3 Å². The average molecular weight is 274 g/mol. The van der Waals surface area contributed by atoms with Gasteiger partial charge in [0.25, 0.3) is 6.43 Å². The highest BCUT2D eigenvalue weighted by molar-refractivity contribution is 5.88. The zero-order valence-corrected chi connectivity index (χ0v) is 10.5. The quantitative estimate of drug-likeness (QED) is 0.765. The number of benzene rings is 1. The smallest absolute Gasteiger partial charge is 0.297 e. The Morgan fingerprint density at radius 1 is 1.10 bits per heavy atom. The lowest BCUT2D eigenvalue weighted by atomic mass is 10.2. The zero-order valence-electron chi connectivity index (χ0n) is 10.5. The van der Waals surface area contributed by atoms with Gasteiger partial charge in [-0.1, -0.05) is 12.1 Å². The number of fused-ring (bicyclic) bond motifs is 1. The summed E-state index contributed by atoms with van der Waals surface area (Å²) < 4.78 is 25.7. The van der Waals surface area contributed by atoms with E-state index < -0.39 is 12.2 Å². The molecule has 20 heavy (non-hydrogen) atoms. The lowest BCUT2D eigenvalue weighted by Gasteiger charge is -2.10. The number of hydrogen-bond acceptors (Lipinski definition) is 3. The first-order chi connectivity index (χ1) is 9.74. The molecule has 3 rings (SSSR count). The molecule has 1 aromatic carbocycles. The summed E-state index contributed by atoms with van der Waals surface area (Å²) in [6.45, 7) is 0.483. The van der Waals surface area contributed by atoms with Crippen LogP contribution in [0.3, 0.4) is 0 Å². The zero-order chi connectivity index (χ0) is 13.9. The Hall–Kier alpha value is -2.50. The van der Waals surface area contributed by atoms with Gasteiger partial charge >= 0.3 is 0 Å². The topological polar surface area (TPSA) is 53.6 Å². The molecule has 4 nitrogen and oxygen atoms in total. The third kappa shape index (κ3) is 2.45. The lowest BCUT2D eigenvalue weighted by molar-refractivity contribution is 0.141. The predicted octanol–water partition coefficient (Wildman–Crippen LogP) is 3.51. The molecule has 2 heterocycles. The Morgan fingerprint density at radius 3 is 2.70 bits per heavy atom. The van der Waals surface area contributed by atoms with Crippen molar-refractivity contribution in [1.82, 2.24) is 15.0 Å². The maximum Gasteiger partial charge on any atom is 0.297 e. The molecule has 6 heteroatoms. The molecular formula is C14H12F2N4. The molecule has 0 saturated heterocycles. The molecule has 2 aromatic heterocycles. The summed E-state index contributed by atoms with van der Waals surface area (Å²) in [5.41, 5.74) is 1.46. The number of aromatic amines is 1. The van der Waals surface area contributed by atoms with E-state index in [-0.39, 0.29) is 0 Å². The number of alkyl halides is 2. The standard InChI is InChI=1S/C14H12F2N4/c15-12(16)14-19-11-6-2-1-5-10(11)13(20-14)18-8-9-4-3-7-17-9/h1-7,12,17H,8H2,(H,18,19,20). The number of aromatic nitrogens is 3. The molecule has 0 unspecified atom stereocenters. The van der Waals surface area contributed by atoms with Crippen LogP contribution in [-0.4, -0.2) is 15.0 Å². The minimum atomic E-state index is -2.69. The third-order valence-electron chi connectivity index (χ3n) is 2.92. The number of nitrogens with zero attached hydrogens (tertiary/aromatic N) is 2. The van der Waals surface area contributed by atoms with Gasteiger partial charge < -0.3 is 10.3 Å². The maximum absolute atomic E-state index is 12.8. The molecule has 0 aliphatic heterocycles. The number of nitrogens with one attached hydrogen (secondary N) is 2. The van der Waals surface area contributed by atoms with Crippen LogP contribution in [0.1, 0.15) is 17.9 Å². The highest BCUT2D eigenvalue weighted by Gasteiger charge is 2.14. The second-order valence-corrected chi connectivity index (χ2v) is 4.30. The van der Waals surface area contributed by atoms with Gasteiger partial charge in [-0.3, -0.25) is 0 Å². The van der Waals surface area contributed by atoms with Crippen LogP contribution in [0.5, 0.6) is 0 Å². The number of rotatable bonds is 4. The summed E-state index contributed by atoms with van der Waals surface area (Å²) in [4.78, 5) is 10.8. The Balaban J connectivity index is 1.98. The van der Waals surface area contributed by atoms with Gasteiger partial charge in [0.2, 0.25) is 0 Å². The largest absolute Gasteiger partial charge is 0.364 e. The molecular weight excluding hydrogens is 262 g/mol. The van der Waals surface area contributed by atoms with E-state index >= 15 is 0 Å². The van der Waals surface area contributed by atoms with E-state index in [4.69, 9.17) is 0 Å². The summed E-state index contributed by atoms with van der Waals surface area (Å²) in [6.07, 6.45) is -0.884. The number of hydrogen-bond donors (Lipinski definition) is 2. The summed E-state index contributed by atoms with van der Waals surface area (Å²) in [5, 5.41) is 3.80. The average Bonchev–Trinajstić information content (AvgIpc) is 2.97. The summed E-state index contributed by atoms with van der Waals surface area (Å²) in [6, 6.07) is 10.9. The second kappa shape index (κ2) is 5.24. The number of halogens is 2. The highest BCUT2D eigenvalue weighted by Crippen LogP contribution is 2.24. The molecule has 2 N–H and O–H groups in total. The molecule has 0 atom stereocenters. The van der Waals surface area contributed by atoms with Crippen LogP contribution in [0.4, 0.5) is 14.6 Å². The molecule has 102 valence electrons. The first-order valence-corrected chi connectivity index (χ1v) is 6.15. The molecule has 0 aliphatic rings. The van der Waals surface area contributed by atoms with E-state index in [2.05, 4.69) is 20.3 Å². The van der Waals surface area contributed by atoms with Crippen molar-refractivity contribution >= 4 is 16.7 Å². The van der Waals surface area contributed by atoms with Crippen molar-refractivity contribution in [2.24, 2.45) is 0 Å². The Labute approximate surface area is 113 Å². The minimum Gasteiger partial charge on any atom is -0.364 e. The highest BCUT2D eigenvalue weighted by atomic mass is 19.3. The lowest BCUT2D eigenvalue weighted by Crippen LogP contribution is -2.06. The SMILES string of the molecule is FC(F)c1nc(NCc2ccc[nH]2)c2ccccc2n1. The van der Waals surface area contributed by atoms with Gasteiger partial charge in [0.1, 0.15) is 5.82 Å². The fraction of sp³-hybridized carbons (Fsp3) is 0.143. The van der Waals surface area contributed by atoms with Crippen molar-refractivity contribution in [2.45, 2.75) is 13.0 Å². The molecule has 0 spiro atoms. The van der Waals surface area contributed by atoms with E-state index in [0.717, 1.165) is 11.1 Å². The molecule has 0 amide bonds. The van der Waals surface area contributed by atoms with Crippen LogP contribution in [0, 0.1) is 0 Å². The van der Waals surface area contributed by atoms with E-state index in [1.807, 2.05) is 24.3 Å². The van der Waals surface area contributed by atoms with Crippen molar-refractivity contribution < 1.29 is 8.78 Å². The predicted molar refractivity (Wildman–Crippen MR) is 72.6 cm³/mol. The molecule has 3 aromatic rings. The van der Waals surface area contributed by atoms with E-state index in [1.165, 1.54) is 0 Å². The van der Waals surface area contributed by atoms with Gasteiger partial charge in [0.05, 0.1) is 12.1 Å². The van der Waals surface area contributed by atoms with Crippen molar-refractivity contribution in [2.75, 3.05) is 5.32 Å². The number of anilines is 1. The van der Waals surface area contributed by atoms with E-state index in [9.17, 15) is 8.78 Å². The van der Waals surface area contributed by atoms with Gasteiger partial charge in [0.15, 0.2) is 5.82 Å². The van der Waals surface area contributed by atoms with Crippen molar-refractivity contribution in [1.29, 1.82) is 0 Å². The van der Waals surface area contributed by atoms with E-state index in [0.29, 0.717) is 17.9 Å². The monoisotopic (exact) mass is 274 g/mol. The second-order valence-electron chi connectivity index (χ2n) is 4.30. The fourth-order valence-corrected chi connectivity index (χ4v) is 1.98. The summed E-state index contributed by atoms with van der Waals surface area (Å²) in [5.74, 6) is -0.0433. The van der Waals surface area contributed by atoms with Crippen LogP contribution in [0.2, 0.25) is 0 Å². The fourth-order valence-electron chi connectivity index (χ4n) is 1.98. The van der Waals surface area contributed by atoms with Gasteiger partial charge in [-0.25, -0.2) is 18.7 Å². The first kappa shape index (κ1) is 12.5. The number of para-hydroxylation sites is 1. The normalized spacial score (nSPS) is 11.2.